The van der Waals surface area contributed by atoms with E-state index >= 15 is 0 Å². The lowest BCUT2D eigenvalue weighted by atomic mass is 10.0. The topological polar surface area (TPSA) is 34.9 Å². The van der Waals surface area contributed by atoms with Gasteiger partial charge in [-0.25, -0.2) is 0 Å². The van der Waals surface area contributed by atoms with Crippen LogP contribution in [0.25, 0.3) is 0 Å². The molecule has 2 aromatic rings. The molecule has 0 saturated carbocycles. The van der Waals surface area contributed by atoms with Gasteiger partial charge in [-0.15, -0.1) is 0 Å². The Morgan fingerprint density at radius 3 is 2.45 bits per heavy atom. The number of alkyl halides is 3. The van der Waals surface area contributed by atoms with E-state index in [-0.39, 0.29) is 12.3 Å². The van der Waals surface area contributed by atoms with Crippen LogP contribution < -0.4 is 0 Å². The Hall–Kier alpha value is -2.11. The zero-order valence-corrected chi connectivity index (χ0v) is 11.0. The molecule has 0 radical (unpaired) electrons. The molecule has 0 saturated heterocycles. The van der Waals surface area contributed by atoms with Gasteiger partial charge >= 0.3 is 6.18 Å². The molecular weight excluding hydrogens is 269 g/mol. The summed E-state index contributed by atoms with van der Waals surface area (Å²) in [6.45, 7) is 3.59. The number of aromatic nitrogens is 2. The maximum Gasteiger partial charge on any atom is 0.435 e. The Kier molecular flexibility index (Phi) is 3.65. The van der Waals surface area contributed by atoms with Crippen molar-refractivity contribution < 1.29 is 18.0 Å². The molecule has 0 fully saturated rings. The molecule has 3 nitrogen and oxygen atoms in total. The van der Waals surface area contributed by atoms with E-state index in [0.29, 0.717) is 5.56 Å². The summed E-state index contributed by atoms with van der Waals surface area (Å²) < 4.78 is 38.2. The smallest absolute Gasteiger partial charge is 0.292 e. The van der Waals surface area contributed by atoms with Crippen LogP contribution in [0.1, 0.15) is 27.2 Å². The third-order valence-corrected chi connectivity index (χ3v) is 3.07. The van der Waals surface area contributed by atoms with Gasteiger partial charge in [0.2, 0.25) is 0 Å². The molecule has 0 aliphatic rings. The molecular formula is C14H13F3N2O. The summed E-state index contributed by atoms with van der Waals surface area (Å²) in [6.07, 6.45) is -3.34. The van der Waals surface area contributed by atoms with Crippen LogP contribution in [0.4, 0.5) is 13.2 Å². The van der Waals surface area contributed by atoms with Gasteiger partial charge in [0, 0.05) is 11.8 Å². The fraction of sp³-hybridized carbons (Fsp3) is 0.286. The van der Waals surface area contributed by atoms with E-state index in [9.17, 15) is 18.0 Å². The predicted molar refractivity (Wildman–Crippen MR) is 67.5 cm³/mol. The summed E-state index contributed by atoms with van der Waals surface area (Å²) in [5.41, 5.74) is 1.50. The van der Waals surface area contributed by atoms with Crippen molar-refractivity contribution in [1.29, 1.82) is 0 Å². The van der Waals surface area contributed by atoms with Crippen molar-refractivity contribution in [2.45, 2.75) is 26.6 Å². The first kappa shape index (κ1) is 14.3. The van der Waals surface area contributed by atoms with E-state index in [0.717, 1.165) is 28.1 Å². The van der Waals surface area contributed by atoms with Gasteiger partial charge in [-0.3, -0.25) is 9.48 Å². The Morgan fingerprint density at radius 2 is 1.90 bits per heavy atom. The van der Waals surface area contributed by atoms with Crippen molar-refractivity contribution in [3.8, 4) is 0 Å². The maximum atomic E-state index is 12.4. The molecule has 0 atom stereocenters. The van der Waals surface area contributed by atoms with Crippen molar-refractivity contribution in [2.75, 3.05) is 0 Å². The summed E-state index contributed by atoms with van der Waals surface area (Å²) in [6, 6.07) is 6.06. The average molecular weight is 282 g/mol. The molecule has 0 amide bonds. The second-order valence-electron chi connectivity index (χ2n) is 4.62. The van der Waals surface area contributed by atoms with E-state index in [1.807, 2.05) is 19.9 Å². The van der Waals surface area contributed by atoms with Crippen molar-refractivity contribution in [2.24, 2.45) is 0 Å². The lowest BCUT2D eigenvalue weighted by molar-refractivity contribution is -0.141. The second kappa shape index (κ2) is 5.11. The number of aryl methyl sites for hydroxylation is 2. The fourth-order valence-corrected chi connectivity index (χ4v) is 1.75. The molecule has 1 aromatic heterocycles. The Bertz CT molecular complexity index is 644. The highest BCUT2D eigenvalue weighted by atomic mass is 19.4. The molecule has 2 rings (SSSR count). The number of hydrogen-bond acceptors (Lipinski definition) is 2. The van der Waals surface area contributed by atoms with Gasteiger partial charge in [0.15, 0.2) is 11.5 Å². The molecule has 0 aliphatic carbocycles. The molecule has 20 heavy (non-hydrogen) atoms. The first-order chi connectivity index (χ1) is 9.27. The molecule has 0 N–H and O–H groups in total. The van der Waals surface area contributed by atoms with Gasteiger partial charge < -0.3 is 0 Å². The number of ketones is 1. The Labute approximate surface area is 114 Å². The van der Waals surface area contributed by atoms with Crippen molar-refractivity contribution in [3.05, 3.63) is 52.8 Å². The van der Waals surface area contributed by atoms with E-state index < -0.39 is 11.9 Å². The van der Waals surface area contributed by atoms with Gasteiger partial charge in [0.05, 0.1) is 0 Å². The molecule has 0 bridgehead atoms. The summed E-state index contributed by atoms with van der Waals surface area (Å²) in [5.74, 6) is -0.273. The largest absolute Gasteiger partial charge is 0.435 e. The summed E-state index contributed by atoms with van der Waals surface area (Å²) >= 11 is 0. The van der Waals surface area contributed by atoms with Crippen molar-refractivity contribution in [3.63, 3.8) is 0 Å². The number of carbonyl (C=O) groups excluding carboxylic acids is 1. The Balaban J connectivity index is 2.15. The monoisotopic (exact) mass is 282 g/mol. The van der Waals surface area contributed by atoms with Crippen molar-refractivity contribution in [1.82, 2.24) is 9.78 Å². The highest BCUT2D eigenvalue weighted by Crippen LogP contribution is 2.27. The summed E-state index contributed by atoms with van der Waals surface area (Å²) in [4.78, 5) is 12.0. The van der Waals surface area contributed by atoms with E-state index in [1.165, 1.54) is 0 Å². The van der Waals surface area contributed by atoms with Crippen LogP contribution in [0.15, 0.2) is 30.5 Å². The number of halogens is 3. The molecule has 6 heteroatoms. The minimum Gasteiger partial charge on any atom is -0.292 e. The highest BCUT2D eigenvalue weighted by Gasteiger charge is 2.33. The third kappa shape index (κ3) is 3.07. The minimum atomic E-state index is -4.49. The van der Waals surface area contributed by atoms with Crippen LogP contribution in [-0.4, -0.2) is 15.6 Å². The lowest BCUT2D eigenvalue weighted by Gasteiger charge is -2.05. The molecule has 0 aliphatic heterocycles. The van der Waals surface area contributed by atoms with E-state index in [4.69, 9.17) is 0 Å². The number of nitrogens with zero attached hydrogens (tertiary/aromatic N) is 2. The molecule has 1 heterocycles. The maximum absolute atomic E-state index is 12.4. The quantitative estimate of drug-likeness (QED) is 0.809. The predicted octanol–water partition coefficient (Wildman–Crippen LogP) is 3.40. The zero-order chi connectivity index (χ0) is 14.9. The van der Waals surface area contributed by atoms with Gasteiger partial charge in [0.25, 0.3) is 0 Å². The average Bonchev–Trinajstić information content (AvgIpc) is 2.81. The summed E-state index contributed by atoms with van der Waals surface area (Å²) in [7, 11) is 0. The van der Waals surface area contributed by atoms with Crippen LogP contribution in [-0.2, 0) is 12.7 Å². The van der Waals surface area contributed by atoms with Crippen LogP contribution in [0.5, 0.6) is 0 Å². The normalized spacial score (nSPS) is 11.7. The second-order valence-corrected chi connectivity index (χ2v) is 4.62. The van der Waals surface area contributed by atoms with Crippen molar-refractivity contribution >= 4 is 5.78 Å². The lowest BCUT2D eigenvalue weighted by Crippen LogP contribution is -2.13. The number of rotatable bonds is 3. The standard InChI is InChI=1S/C14H13F3N2O/c1-9-3-4-11(7-10(9)2)12(20)8-19-6-5-13(18-19)14(15,16)17/h3-7H,8H2,1-2H3. The number of carbonyl (C=O) groups is 1. The van der Waals surface area contributed by atoms with Crippen LogP contribution in [0, 0.1) is 13.8 Å². The highest BCUT2D eigenvalue weighted by molar-refractivity contribution is 5.96. The Morgan fingerprint density at radius 1 is 1.20 bits per heavy atom. The van der Waals surface area contributed by atoms with E-state index in [1.54, 1.807) is 12.1 Å². The third-order valence-electron chi connectivity index (χ3n) is 3.07. The molecule has 1 aromatic carbocycles. The SMILES string of the molecule is Cc1ccc(C(=O)Cn2ccc(C(F)(F)F)n2)cc1C. The molecule has 106 valence electrons. The van der Waals surface area contributed by atoms with Crippen LogP contribution in [0.2, 0.25) is 0 Å². The summed E-state index contributed by atoms with van der Waals surface area (Å²) in [5, 5.41) is 3.36. The number of hydrogen-bond donors (Lipinski definition) is 0. The first-order valence-corrected chi connectivity index (χ1v) is 5.98. The zero-order valence-electron chi connectivity index (χ0n) is 11.0. The molecule has 0 spiro atoms. The number of benzene rings is 1. The fourth-order valence-electron chi connectivity index (χ4n) is 1.75. The van der Waals surface area contributed by atoms with E-state index in [2.05, 4.69) is 5.10 Å². The van der Waals surface area contributed by atoms with Crippen LogP contribution >= 0.6 is 0 Å². The van der Waals surface area contributed by atoms with Gasteiger partial charge in [-0.1, -0.05) is 12.1 Å². The molecule has 0 unspecified atom stereocenters. The minimum absolute atomic E-state index is 0.210. The van der Waals surface area contributed by atoms with Gasteiger partial charge in [-0.05, 0) is 37.1 Å². The van der Waals surface area contributed by atoms with Gasteiger partial charge in [0.1, 0.15) is 6.54 Å². The number of Topliss-reactive ketones (excluding diaryl/α,β-unsaturated/α-hetero) is 1. The van der Waals surface area contributed by atoms with Crippen LogP contribution in [0.3, 0.4) is 0 Å². The first-order valence-electron chi connectivity index (χ1n) is 5.98. The van der Waals surface area contributed by atoms with Gasteiger partial charge in [-0.2, -0.15) is 18.3 Å².